The number of rotatable bonds is 2. The Balaban J connectivity index is 1.79. The Morgan fingerprint density at radius 3 is 2.50 bits per heavy atom. The van der Waals surface area contributed by atoms with Gasteiger partial charge in [-0.3, -0.25) is 9.69 Å². The van der Waals surface area contributed by atoms with Crippen molar-refractivity contribution in [2.75, 3.05) is 4.90 Å². The minimum Gasteiger partial charge on any atom is -0.384 e. The average molecular weight is 473 g/mol. The lowest BCUT2D eigenvalue weighted by atomic mass is 9.68. The minimum atomic E-state index is -0.652. The fraction of sp³-hybridized carbons (Fsp3) is 0.370. The van der Waals surface area contributed by atoms with Crippen LogP contribution in [0.5, 0.6) is 0 Å². The molecule has 0 fully saturated rings. The summed E-state index contributed by atoms with van der Waals surface area (Å²) in [7, 11) is 0. The first-order valence-electron chi connectivity index (χ1n) is 11.5. The quantitative estimate of drug-likeness (QED) is 0.616. The van der Waals surface area contributed by atoms with Crippen LogP contribution in [0.25, 0.3) is 0 Å². The molecule has 0 saturated heterocycles. The number of benzene rings is 1. The molecule has 0 amide bonds. The van der Waals surface area contributed by atoms with Crippen LogP contribution in [0.4, 0.5) is 9.39 Å². The van der Waals surface area contributed by atoms with Gasteiger partial charge in [0.2, 0.25) is 0 Å². The lowest BCUT2D eigenvalue weighted by molar-refractivity contribution is -0.118. The second kappa shape index (κ2) is 8.11. The van der Waals surface area contributed by atoms with Gasteiger partial charge in [0.25, 0.3) is 0 Å². The minimum absolute atomic E-state index is 0.0364. The number of anilines is 1. The fourth-order valence-electron chi connectivity index (χ4n) is 5.55. The van der Waals surface area contributed by atoms with Crippen molar-refractivity contribution in [2.45, 2.75) is 58.3 Å². The number of carbonyl (C=O) groups excluding carboxylic acids is 1. The van der Waals surface area contributed by atoms with Gasteiger partial charge >= 0.3 is 0 Å². The molecule has 1 aliphatic heterocycles. The predicted molar refractivity (Wildman–Crippen MR) is 129 cm³/mol. The van der Waals surface area contributed by atoms with Gasteiger partial charge in [-0.15, -0.1) is 11.3 Å². The van der Waals surface area contributed by atoms with Gasteiger partial charge in [-0.2, -0.15) is 10.5 Å². The first-order chi connectivity index (χ1) is 16.3. The molecule has 1 aromatic carbocycles. The van der Waals surface area contributed by atoms with Crippen LogP contribution in [0.2, 0.25) is 0 Å². The summed E-state index contributed by atoms with van der Waals surface area (Å²) < 4.78 is 13.7. The number of thiophene rings is 1. The van der Waals surface area contributed by atoms with Crippen LogP contribution in [-0.4, -0.2) is 5.78 Å². The average Bonchev–Trinajstić information content (AvgIpc) is 3.16. The zero-order valence-corrected chi connectivity index (χ0v) is 20.1. The predicted octanol–water partition coefficient (Wildman–Crippen LogP) is 5.58. The molecule has 172 valence electrons. The molecule has 7 heteroatoms. The van der Waals surface area contributed by atoms with Gasteiger partial charge in [0.05, 0.1) is 23.1 Å². The molecule has 34 heavy (non-hydrogen) atoms. The van der Waals surface area contributed by atoms with Gasteiger partial charge in [-0.25, -0.2) is 4.39 Å². The Morgan fingerprint density at radius 2 is 1.82 bits per heavy atom. The normalized spacial score (nSPS) is 21.6. The number of Topliss-reactive ketones (excluding diaryl/α,β-unsaturated/α-hetero) is 1. The number of nitrogens with two attached hydrogens (primary N) is 1. The first-order valence-corrected chi connectivity index (χ1v) is 12.3. The van der Waals surface area contributed by atoms with Crippen molar-refractivity contribution >= 4 is 22.1 Å². The molecule has 2 aromatic rings. The number of hydrogen-bond donors (Lipinski definition) is 1. The SMILES string of the molecule is CC1(C)CC(=O)C2=C(C1)N(c1sc3c(c1C#N)CCCC3)C(N)=C(C#N)C2c1ccc(F)cc1. The summed E-state index contributed by atoms with van der Waals surface area (Å²) in [6.07, 6.45) is 4.83. The van der Waals surface area contributed by atoms with E-state index in [1.165, 1.54) is 17.0 Å². The van der Waals surface area contributed by atoms with Gasteiger partial charge in [0.15, 0.2) is 5.78 Å². The molecule has 0 radical (unpaired) electrons. The number of ketones is 1. The number of halogens is 1. The first kappa shape index (κ1) is 22.4. The molecule has 0 spiro atoms. The van der Waals surface area contributed by atoms with Crippen molar-refractivity contribution in [1.82, 2.24) is 0 Å². The lowest BCUT2D eigenvalue weighted by Crippen LogP contribution is -2.42. The third-order valence-corrected chi connectivity index (χ3v) is 8.33. The van der Waals surface area contributed by atoms with Crippen LogP contribution in [-0.2, 0) is 17.6 Å². The summed E-state index contributed by atoms with van der Waals surface area (Å²) in [5, 5.41) is 21.0. The topological polar surface area (TPSA) is 93.9 Å². The molecule has 1 atom stereocenters. The third kappa shape index (κ3) is 3.43. The van der Waals surface area contributed by atoms with E-state index in [2.05, 4.69) is 12.1 Å². The summed E-state index contributed by atoms with van der Waals surface area (Å²) in [4.78, 5) is 16.6. The maximum absolute atomic E-state index is 13.7. The molecule has 0 bridgehead atoms. The number of nitrogens with zero attached hydrogens (tertiary/aromatic N) is 3. The van der Waals surface area contributed by atoms with E-state index in [-0.39, 0.29) is 28.4 Å². The van der Waals surface area contributed by atoms with Crippen molar-refractivity contribution in [2.24, 2.45) is 11.1 Å². The zero-order chi connectivity index (χ0) is 24.2. The highest BCUT2D eigenvalue weighted by Gasteiger charge is 2.45. The van der Waals surface area contributed by atoms with Gasteiger partial charge < -0.3 is 5.73 Å². The Hall–Kier alpha value is -3.42. The molecular weight excluding hydrogens is 447 g/mol. The summed E-state index contributed by atoms with van der Waals surface area (Å²) in [5.41, 5.74) is 10.3. The van der Waals surface area contributed by atoms with Gasteiger partial charge in [0, 0.05) is 22.6 Å². The van der Waals surface area contributed by atoms with Crippen molar-refractivity contribution in [1.29, 1.82) is 10.5 Å². The lowest BCUT2D eigenvalue weighted by Gasteiger charge is -2.43. The number of nitriles is 2. The van der Waals surface area contributed by atoms with Gasteiger partial charge in [-0.05, 0) is 60.8 Å². The second-order valence-corrected chi connectivity index (χ2v) is 11.1. The molecule has 1 unspecified atom stereocenters. The Kier molecular flexibility index (Phi) is 5.34. The van der Waals surface area contributed by atoms with Crippen LogP contribution >= 0.6 is 11.3 Å². The van der Waals surface area contributed by atoms with E-state index in [1.807, 2.05) is 18.7 Å². The summed E-state index contributed by atoms with van der Waals surface area (Å²) in [5.74, 6) is -0.827. The van der Waals surface area contributed by atoms with Gasteiger partial charge in [0.1, 0.15) is 22.7 Å². The number of allylic oxidation sites excluding steroid dienone is 3. The van der Waals surface area contributed by atoms with Crippen LogP contribution in [0.1, 0.15) is 67.0 Å². The Morgan fingerprint density at radius 1 is 1.12 bits per heavy atom. The molecule has 1 aromatic heterocycles. The van der Waals surface area contributed by atoms with Crippen LogP contribution in [0.15, 0.2) is 46.9 Å². The number of fused-ring (bicyclic) bond motifs is 1. The molecular formula is C27H25FN4OS. The second-order valence-electron chi connectivity index (χ2n) is 10.0. The maximum atomic E-state index is 13.7. The largest absolute Gasteiger partial charge is 0.384 e. The van der Waals surface area contributed by atoms with E-state index in [9.17, 15) is 19.7 Å². The van der Waals surface area contributed by atoms with E-state index >= 15 is 0 Å². The maximum Gasteiger partial charge on any atom is 0.162 e. The zero-order valence-electron chi connectivity index (χ0n) is 19.2. The van der Waals surface area contributed by atoms with Crippen molar-refractivity contribution in [3.05, 3.63) is 74.3 Å². The summed E-state index contributed by atoms with van der Waals surface area (Å²) in [6.45, 7) is 4.09. The van der Waals surface area contributed by atoms with E-state index in [0.717, 1.165) is 36.9 Å². The fourth-order valence-corrected chi connectivity index (χ4v) is 6.93. The number of hydrogen-bond acceptors (Lipinski definition) is 6. The molecule has 0 saturated carbocycles. The molecule has 2 aliphatic carbocycles. The van der Waals surface area contributed by atoms with E-state index in [1.54, 1.807) is 23.5 Å². The van der Waals surface area contributed by atoms with Crippen molar-refractivity contribution < 1.29 is 9.18 Å². The Bertz CT molecular complexity index is 1350. The molecule has 5 nitrogen and oxygen atoms in total. The van der Waals surface area contributed by atoms with Crippen LogP contribution in [0, 0.1) is 33.9 Å². The standard InChI is InChI=1S/C27H25FN4OS/c1-27(2)11-20-24(21(33)12-27)23(15-7-9-16(28)10-8-15)19(14-30)25(31)32(20)26-18(13-29)17-5-3-4-6-22(17)34-26/h7-10,23H,3-6,11-12,31H2,1-2H3. The monoisotopic (exact) mass is 472 g/mol. The highest BCUT2D eigenvalue weighted by molar-refractivity contribution is 7.16. The molecule has 3 aliphatic rings. The third-order valence-electron chi connectivity index (χ3n) is 7.05. The molecule has 2 N–H and O–H groups in total. The molecule has 5 rings (SSSR count). The summed E-state index contributed by atoms with van der Waals surface area (Å²) in [6, 6.07) is 10.5. The van der Waals surface area contributed by atoms with E-state index in [0.29, 0.717) is 34.5 Å². The smallest absolute Gasteiger partial charge is 0.162 e. The summed E-state index contributed by atoms with van der Waals surface area (Å²) >= 11 is 1.55. The highest BCUT2D eigenvalue weighted by atomic mass is 32.1. The number of carbonyl (C=O) groups is 1. The van der Waals surface area contributed by atoms with Crippen LogP contribution in [0.3, 0.4) is 0 Å². The van der Waals surface area contributed by atoms with E-state index < -0.39 is 5.92 Å². The van der Waals surface area contributed by atoms with Gasteiger partial charge in [-0.1, -0.05) is 26.0 Å². The van der Waals surface area contributed by atoms with Crippen molar-refractivity contribution in [3.63, 3.8) is 0 Å². The number of aryl methyl sites for hydroxylation is 1. The van der Waals surface area contributed by atoms with E-state index in [4.69, 9.17) is 5.73 Å². The Labute approximate surface area is 202 Å². The van der Waals surface area contributed by atoms with Crippen LogP contribution < -0.4 is 10.6 Å². The van der Waals surface area contributed by atoms with Crippen molar-refractivity contribution in [3.8, 4) is 12.1 Å². The highest BCUT2D eigenvalue weighted by Crippen LogP contribution is 2.52. The molecule has 2 heterocycles.